The maximum Gasteiger partial charge on any atom is 0.128 e. The van der Waals surface area contributed by atoms with Gasteiger partial charge < -0.3 is 4.57 Å². The van der Waals surface area contributed by atoms with Crippen molar-refractivity contribution in [1.82, 2.24) is 19.3 Å². The van der Waals surface area contributed by atoms with E-state index in [1.54, 1.807) is 6.20 Å². The Morgan fingerprint density at radius 1 is 1.24 bits per heavy atom. The van der Waals surface area contributed by atoms with Crippen molar-refractivity contribution >= 4 is 34.2 Å². The normalized spacial score (nSPS) is 14.5. The Kier molecular flexibility index (Phi) is 3.91. The second-order valence-electron chi connectivity index (χ2n) is 5.14. The van der Waals surface area contributed by atoms with E-state index in [1.807, 2.05) is 42.1 Å². The minimum Gasteiger partial charge on any atom is -0.322 e. The number of imidazole rings is 1. The van der Waals surface area contributed by atoms with E-state index in [0.717, 1.165) is 23.4 Å². The third-order valence-electron chi connectivity index (χ3n) is 3.51. The number of para-hydroxylation sites is 1. The molecule has 0 radical (unpaired) electrons. The van der Waals surface area contributed by atoms with E-state index in [0.29, 0.717) is 5.02 Å². The molecule has 2 aromatic heterocycles. The standard InChI is InChI=1S/C15H16Cl2N4/c1-10(9-20-8-4-7-18-20)21-13-6-3-5-12(17)14(13)19-15(21)11(2)16/h3-8,10-11H,9H2,1-2H3. The summed E-state index contributed by atoms with van der Waals surface area (Å²) in [6.07, 6.45) is 3.73. The molecule has 21 heavy (non-hydrogen) atoms. The summed E-state index contributed by atoms with van der Waals surface area (Å²) in [7, 11) is 0. The van der Waals surface area contributed by atoms with E-state index in [1.165, 1.54) is 0 Å². The third-order valence-corrected chi connectivity index (χ3v) is 4.01. The highest BCUT2D eigenvalue weighted by molar-refractivity contribution is 6.35. The maximum absolute atomic E-state index is 6.31. The molecule has 0 fully saturated rings. The molecule has 0 aliphatic carbocycles. The molecule has 0 spiro atoms. The molecule has 0 saturated carbocycles. The minimum atomic E-state index is -0.187. The van der Waals surface area contributed by atoms with Gasteiger partial charge in [0, 0.05) is 12.4 Å². The molecule has 0 aliphatic heterocycles. The number of hydrogen-bond acceptors (Lipinski definition) is 2. The SMILES string of the molecule is CC(Cl)c1nc2c(Cl)cccc2n1C(C)Cn1cccn1. The predicted molar refractivity (Wildman–Crippen MR) is 85.9 cm³/mol. The second kappa shape index (κ2) is 5.70. The van der Waals surface area contributed by atoms with Crippen molar-refractivity contribution in [3.05, 3.63) is 47.5 Å². The number of aromatic nitrogens is 4. The number of rotatable bonds is 4. The smallest absolute Gasteiger partial charge is 0.128 e. The first-order chi connectivity index (χ1) is 10.1. The van der Waals surface area contributed by atoms with Crippen LogP contribution >= 0.6 is 23.2 Å². The van der Waals surface area contributed by atoms with Crippen LogP contribution in [0.2, 0.25) is 5.02 Å². The lowest BCUT2D eigenvalue weighted by Crippen LogP contribution is -2.16. The largest absolute Gasteiger partial charge is 0.322 e. The summed E-state index contributed by atoms with van der Waals surface area (Å²) in [5.74, 6) is 0.833. The fraction of sp³-hybridized carbons (Fsp3) is 0.333. The first kappa shape index (κ1) is 14.4. The van der Waals surface area contributed by atoms with Gasteiger partial charge >= 0.3 is 0 Å². The molecule has 0 aliphatic rings. The van der Waals surface area contributed by atoms with Crippen molar-refractivity contribution in [3.8, 4) is 0 Å². The lowest BCUT2D eigenvalue weighted by Gasteiger charge is -2.18. The number of alkyl halides is 1. The topological polar surface area (TPSA) is 35.6 Å². The van der Waals surface area contributed by atoms with Gasteiger partial charge in [0.05, 0.1) is 28.5 Å². The zero-order valence-electron chi connectivity index (χ0n) is 11.9. The Morgan fingerprint density at radius 2 is 2.05 bits per heavy atom. The number of nitrogens with zero attached hydrogens (tertiary/aromatic N) is 4. The summed E-state index contributed by atoms with van der Waals surface area (Å²) in [6, 6.07) is 7.90. The van der Waals surface area contributed by atoms with Gasteiger partial charge in [-0.25, -0.2) is 4.98 Å². The molecule has 6 heteroatoms. The molecule has 4 nitrogen and oxygen atoms in total. The number of fused-ring (bicyclic) bond motifs is 1. The lowest BCUT2D eigenvalue weighted by atomic mass is 10.2. The summed E-state index contributed by atoms with van der Waals surface area (Å²) in [4.78, 5) is 4.63. The average Bonchev–Trinajstić information content (AvgIpc) is 3.05. The van der Waals surface area contributed by atoms with Gasteiger partial charge in [0.2, 0.25) is 0 Å². The molecule has 0 saturated heterocycles. The predicted octanol–water partition coefficient (Wildman–Crippen LogP) is 4.45. The van der Waals surface area contributed by atoms with E-state index in [2.05, 4.69) is 21.6 Å². The van der Waals surface area contributed by atoms with Crippen LogP contribution in [0.3, 0.4) is 0 Å². The van der Waals surface area contributed by atoms with Crippen LogP contribution < -0.4 is 0 Å². The molecule has 1 aromatic carbocycles. The van der Waals surface area contributed by atoms with Gasteiger partial charge in [0.25, 0.3) is 0 Å². The third kappa shape index (κ3) is 2.65. The van der Waals surface area contributed by atoms with Gasteiger partial charge in [-0.15, -0.1) is 11.6 Å². The van der Waals surface area contributed by atoms with Gasteiger partial charge in [-0.1, -0.05) is 17.7 Å². The van der Waals surface area contributed by atoms with E-state index in [4.69, 9.17) is 23.2 Å². The van der Waals surface area contributed by atoms with Crippen molar-refractivity contribution < 1.29 is 0 Å². The van der Waals surface area contributed by atoms with Crippen molar-refractivity contribution in [3.63, 3.8) is 0 Å². The molecule has 2 atom stereocenters. The lowest BCUT2D eigenvalue weighted by molar-refractivity contribution is 0.434. The van der Waals surface area contributed by atoms with Crippen LogP contribution in [0.5, 0.6) is 0 Å². The van der Waals surface area contributed by atoms with Crippen molar-refractivity contribution in [1.29, 1.82) is 0 Å². The highest BCUT2D eigenvalue weighted by Crippen LogP contribution is 2.31. The minimum absolute atomic E-state index is 0.171. The van der Waals surface area contributed by atoms with Crippen molar-refractivity contribution in [2.24, 2.45) is 0 Å². The Hall–Kier alpha value is -1.52. The second-order valence-corrected chi connectivity index (χ2v) is 6.20. The van der Waals surface area contributed by atoms with Gasteiger partial charge in [-0.05, 0) is 32.0 Å². The summed E-state index contributed by atoms with van der Waals surface area (Å²) >= 11 is 12.6. The fourth-order valence-electron chi connectivity index (χ4n) is 2.61. The van der Waals surface area contributed by atoms with E-state index in [-0.39, 0.29) is 11.4 Å². The first-order valence-corrected chi connectivity index (χ1v) is 7.67. The van der Waals surface area contributed by atoms with Crippen LogP contribution in [0.15, 0.2) is 36.7 Å². The monoisotopic (exact) mass is 322 g/mol. The Labute approximate surface area is 133 Å². The quantitative estimate of drug-likeness (QED) is 0.665. The first-order valence-electron chi connectivity index (χ1n) is 6.85. The van der Waals surface area contributed by atoms with E-state index in [9.17, 15) is 0 Å². The van der Waals surface area contributed by atoms with Crippen LogP contribution in [0.4, 0.5) is 0 Å². The molecular weight excluding hydrogens is 307 g/mol. The molecule has 2 heterocycles. The van der Waals surface area contributed by atoms with E-state index < -0.39 is 0 Å². The summed E-state index contributed by atoms with van der Waals surface area (Å²) in [5, 5.41) is 4.72. The number of hydrogen-bond donors (Lipinski definition) is 0. The summed E-state index contributed by atoms with van der Waals surface area (Å²) in [6.45, 7) is 4.81. The zero-order chi connectivity index (χ0) is 15.0. The fourth-order valence-corrected chi connectivity index (χ4v) is 2.97. The van der Waals surface area contributed by atoms with Crippen LogP contribution in [0.1, 0.15) is 31.1 Å². The van der Waals surface area contributed by atoms with Crippen LogP contribution in [0.25, 0.3) is 11.0 Å². The average molecular weight is 323 g/mol. The Morgan fingerprint density at radius 3 is 2.71 bits per heavy atom. The molecule has 3 aromatic rings. The highest BCUT2D eigenvalue weighted by Gasteiger charge is 2.20. The van der Waals surface area contributed by atoms with Crippen molar-refractivity contribution in [2.45, 2.75) is 31.8 Å². The number of halogens is 2. The van der Waals surface area contributed by atoms with Gasteiger partial charge in [-0.3, -0.25) is 4.68 Å². The summed E-state index contributed by atoms with van der Waals surface area (Å²) in [5.41, 5.74) is 1.80. The molecule has 0 N–H and O–H groups in total. The van der Waals surface area contributed by atoms with Crippen molar-refractivity contribution in [2.75, 3.05) is 0 Å². The molecule has 0 amide bonds. The van der Waals surface area contributed by atoms with Gasteiger partial charge in [-0.2, -0.15) is 5.10 Å². The van der Waals surface area contributed by atoms with Crippen LogP contribution in [0, 0.1) is 0 Å². The number of benzene rings is 1. The molecule has 3 rings (SSSR count). The van der Waals surface area contributed by atoms with E-state index >= 15 is 0 Å². The molecule has 0 bridgehead atoms. The summed E-state index contributed by atoms with van der Waals surface area (Å²) < 4.78 is 4.06. The van der Waals surface area contributed by atoms with Gasteiger partial charge in [0.15, 0.2) is 0 Å². The molecule has 2 unspecified atom stereocenters. The van der Waals surface area contributed by atoms with Crippen LogP contribution in [-0.2, 0) is 6.54 Å². The Balaban J connectivity index is 2.10. The Bertz CT molecular complexity index is 746. The zero-order valence-corrected chi connectivity index (χ0v) is 13.4. The van der Waals surface area contributed by atoms with Crippen LogP contribution in [-0.4, -0.2) is 19.3 Å². The molecular formula is C15H16Cl2N4. The highest BCUT2D eigenvalue weighted by atomic mass is 35.5. The molecule has 110 valence electrons. The van der Waals surface area contributed by atoms with Gasteiger partial charge in [0.1, 0.15) is 11.3 Å². The maximum atomic E-state index is 6.31.